The molecule has 4 rings (SSSR count). The van der Waals surface area contributed by atoms with Crippen LogP contribution >= 0.6 is 0 Å². The summed E-state index contributed by atoms with van der Waals surface area (Å²) in [5, 5.41) is 7.16. The second kappa shape index (κ2) is 10.9. The number of anilines is 4. The summed E-state index contributed by atoms with van der Waals surface area (Å²) in [6.07, 6.45) is -0.931. The minimum atomic E-state index is -4.41. The van der Waals surface area contributed by atoms with Crippen LogP contribution in [0.15, 0.2) is 53.8 Å². The molecule has 0 radical (unpaired) electrons. The van der Waals surface area contributed by atoms with Crippen molar-refractivity contribution in [3.63, 3.8) is 0 Å². The zero-order chi connectivity index (χ0) is 25.7. The van der Waals surface area contributed by atoms with E-state index in [2.05, 4.69) is 25.8 Å². The molecule has 1 fully saturated rings. The van der Waals surface area contributed by atoms with E-state index < -0.39 is 17.6 Å². The molecule has 1 aliphatic heterocycles. The molecule has 0 amide bonds. The number of alkyl halides is 3. The number of aromatic nitrogens is 2. The molecular formula is C25H26F4N6O. The Morgan fingerprint density at radius 1 is 1.19 bits per heavy atom. The van der Waals surface area contributed by atoms with Crippen molar-refractivity contribution in [3.8, 4) is 0 Å². The number of morpholine rings is 1. The Labute approximate surface area is 206 Å². The summed E-state index contributed by atoms with van der Waals surface area (Å²) in [4.78, 5) is 10.2. The normalized spacial score (nSPS) is 16.4. The van der Waals surface area contributed by atoms with Crippen molar-refractivity contribution in [2.24, 2.45) is 5.10 Å². The maximum absolute atomic E-state index is 14.4. The van der Waals surface area contributed by atoms with Crippen LogP contribution in [0.3, 0.4) is 0 Å². The summed E-state index contributed by atoms with van der Waals surface area (Å²) in [5.74, 6) is -0.145. The first kappa shape index (κ1) is 25.4. The minimum Gasteiger partial charge on any atom is -0.377 e. The molecule has 2 N–H and O–H groups in total. The van der Waals surface area contributed by atoms with Crippen LogP contribution in [0.4, 0.5) is 40.7 Å². The number of benzene rings is 2. The van der Waals surface area contributed by atoms with Crippen molar-refractivity contribution in [2.75, 3.05) is 35.4 Å². The van der Waals surface area contributed by atoms with Gasteiger partial charge in [-0.1, -0.05) is 19.1 Å². The maximum atomic E-state index is 14.4. The first-order valence-corrected chi connectivity index (χ1v) is 11.5. The summed E-state index contributed by atoms with van der Waals surface area (Å²) in [7, 11) is 0. The average Bonchev–Trinajstić information content (AvgIpc) is 2.86. The van der Waals surface area contributed by atoms with Crippen LogP contribution in [0.2, 0.25) is 0 Å². The van der Waals surface area contributed by atoms with Gasteiger partial charge < -0.3 is 15.0 Å². The van der Waals surface area contributed by atoms with Crippen LogP contribution in [0.25, 0.3) is 0 Å². The third kappa shape index (κ3) is 6.09. The van der Waals surface area contributed by atoms with Crippen molar-refractivity contribution in [1.29, 1.82) is 0 Å². The molecule has 2 aromatic carbocycles. The van der Waals surface area contributed by atoms with Gasteiger partial charge in [-0.3, -0.25) is 0 Å². The fourth-order valence-electron chi connectivity index (χ4n) is 3.88. The fraction of sp³-hybridized carbons (Fsp3) is 0.320. The highest BCUT2D eigenvalue weighted by Gasteiger charge is 2.30. The second-order valence-electron chi connectivity index (χ2n) is 8.34. The highest BCUT2D eigenvalue weighted by molar-refractivity contribution is 5.83. The van der Waals surface area contributed by atoms with Gasteiger partial charge in [0.1, 0.15) is 0 Å². The second-order valence-corrected chi connectivity index (χ2v) is 8.34. The number of aryl methyl sites for hydroxylation is 1. The van der Waals surface area contributed by atoms with E-state index in [4.69, 9.17) is 4.74 Å². The number of hydrogen-bond acceptors (Lipinski definition) is 7. The Bertz CT molecular complexity index is 1230. The Hall–Kier alpha value is -3.73. The monoisotopic (exact) mass is 502 g/mol. The largest absolute Gasteiger partial charge is 0.416 e. The first-order chi connectivity index (χ1) is 17.2. The van der Waals surface area contributed by atoms with Gasteiger partial charge in [-0.15, -0.1) is 0 Å². The van der Waals surface area contributed by atoms with Gasteiger partial charge in [0.15, 0.2) is 11.6 Å². The van der Waals surface area contributed by atoms with Gasteiger partial charge in [0, 0.05) is 17.9 Å². The zero-order valence-corrected chi connectivity index (χ0v) is 19.8. The third-order valence-corrected chi connectivity index (χ3v) is 5.81. The third-order valence-electron chi connectivity index (χ3n) is 5.81. The molecule has 0 spiro atoms. The van der Waals surface area contributed by atoms with Crippen LogP contribution in [-0.4, -0.2) is 42.0 Å². The zero-order valence-electron chi connectivity index (χ0n) is 19.8. The van der Waals surface area contributed by atoms with Crippen molar-refractivity contribution in [2.45, 2.75) is 32.5 Å². The number of hydrazone groups is 1. The summed E-state index contributed by atoms with van der Waals surface area (Å²) in [5.41, 5.74) is 4.61. The van der Waals surface area contributed by atoms with Crippen molar-refractivity contribution in [1.82, 2.24) is 9.97 Å². The smallest absolute Gasteiger partial charge is 0.377 e. The minimum absolute atomic E-state index is 0.0326. The van der Waals surface area contributed by atoms with Crippen LogP contribution in [-0.2, 0) is 10.9 Å². The molecule has 0 saturated carbocycles. The summed E-state index contributed by atoms with van der Waals surface area (Å²) in [6.45, 7) is 5.42. The molecule has 11 heteroatoms. The Kier molecular flexibility index (Phi) is 7.68. The first-order valence-electron chi connectivity index (χ1n) is 11.5. The van der Waals surface area contributed by atoms with E-state index in [9.17, 15) is 17.6 Å². The highest BCUT2D eigenvalue weighted by Crippen LogP contribution is 2.31. The SMILES string of the molecule is CCC1COCCN1c1nc(N/N=C/c2ccc(Nc3cccc(C(F)(F)F)c3)cc2C)ncc1F. The van der Waals surface area contributed by atoms with Crippen LogP contribution in [0, 0.1) is 12.7 Å². The molecule has 1 aromatic heterocycles. The number of rotatable bonds is 7. The molecule has 0 aliphatic carbocycles. The van der Waals surface area contributed by atoms with E-state index in [0.29, 0.717) is 31.1 Å². The number of ether oxygens (including phenoxy) is 1. The average molecular weight is 503 g/mol. The van der Waals surface area contributed by atoms with Gasteiger partial charge >= 0.3 is 6.18 Å². The van der Waals surface area contributed by atoms with Crippen LogP contribution in [0.5, 0.6) is 0 Å². The number of hydrogen-bond donors (Lipinski definition) is 2. The lowest BCUT2D eigenvalue weighted by atomic mass is 10.1. The molecule has 3 aromatic rings. The van der Waals surface area contributed by atoms with E-state index in [-0.39, 0.29) is 17.8 Å². The van der Waals surface area contributed by atoms with Crippen molar-refractivity contribution < 1.29 is 22.3 Å². The summed E-state index contributed by atoms with van der Waals surface area (Å²) >= 11 is 0. The van der Waals surface area contributed by atoms with Gasteiger partial charge in [0.25, 0.3) is 0 Å². The van der Waals surface area contributed by atoms with Crippen molar-refractivity contribution in [3.05, 3.63) is 71.2 Å². The summed E-state index contributed by atoms with van der Waals surface area (Å²) < 4.78 is 58.8. The topological polar surface area (TPSA) is 74.7 Å². The maximum Gasteiger partial charge on any atom is 0.416 e. The molecular weight excluding hydrogens is 476 g/mol. The quantitative estimate of drug-likeness (QED) is 0.244. The molecule has 1 saturated heterocycles. The van der Waals surface area contributed by atoms with E-state index >= 15 is 0 Å². The lowest BCUT2D eigenvalue weighted by Gasteiger charge is -2.36. The van der Waals surface area contributed by atoms with E-state index in [1.54, 1.807) is 30.5 Å². The number of nitrogens with zero attached hydrogens (tertiary/aromatic N) is 4. The van der Waals surface area contributed by atoms with Crippen LogP contribution < -0.4 is 15.6 Å². The molecule has 0 bridgehead atoms. The fourth-order valence-corrected chi connectivity index (χ4v) is 3.88. The number of halogens is 4. The highest BCUT2D eigenvalue weighted by atomic mass is 19.4. The predicted octanol–water partition coefficient (Wildman–Crippen LogP) is 5.75. The molecule has 1 atom stereocenters. The van der Waals surface area contributed by atoms with Gasteiger partial charge in [-0.05, 0) is 54.8 Å². The molecule has 7 nitrogen and oxygen atoms in total. The van der Waals surface area contributed by atoms with Gasteiger partial charge in [-0.25, -0.2) is 14.8 Å². The lowest BCUT2D eigenvalue weighted by Crippen LogP contribution is -2.46. The molecule has 1 unspecified atom stereocenters. The van der Waals surface area contributed by atoms with Crippen LogP contribution in [0.1, 0.15) is 30.0 Å². The lowest BCUT2D eigenvalue weighted by molar-refractivity contribution is -0.137. The van der Waals surface area contributed by atoms with E-state index in [1.807, 2.05) is 18.7 Å². The number of nitrogens with one attached hydrogen (secondary N) is 2. The Morgan fingerprint density at radius 2 is 2.00 bits per heavy atom. The molecule has 36 heavy (non-hydrogen) atoms. The van der Waals surface area contributed by atoms with Gasteiger partial charge in [0.2, 0.25) is 5.95 Å². The molecule has 190 valence electrons. The molecule has 1 aliphatic rings. The van der Waals surface area contributed by atoms with E-state index in [0.717, 1.165) is 35.9 Å². The standard InChI is InChI=1S/C25H26F4N6O/c1-3-21-15-36-10-9-35(21)23-22(26)14-30-24(33-23)34-31-13-17-7-8-20(11-16(17)2)32-19-6-4-5-18(12-19)25(27,28)29/h4-8,11-14,21,32H,3,9-10,15H2,1-2H3,(H,30,33,34)/b31-13+. The Balaban J connectivity index is 1.43. The Morgan fingerprint density at radius 3 is 2.75 bits per heavy atom. The predicted molar refractivity (Wildman–Crippen MR) is 131 cm³/mol. The van der Waals surface area contributed by atoms with Gasteiger partial charge in [-0.2, -0.15) is 23.3 Å². The summed E-state index contributed by atoms with van der Waals surface area (Å²) in [6, 6.07) is 10.4. The molecule has 2 heterocycles. The van der Waals surface area contributed by atoms with E-state index in [1.165, 1.54) is 6.07 Å². The van der Waals surface area contributed by atoms with Crippen molar-refractivity contribution >= 4 is 29.4 Å². The van der Waals surface area contributed by atoms with Gasteiger partial charge in [0.05, 0.1) is 37.2 Å².